The van der Waals surface area contributed by atoms with Gasteiger partial charge in [-0.2, -0.15) is 5.10 Å². The third kappa shape index (κ3) is 5.43. The van der Waals surface area contributed by atoms with Crippen LogP contribution < -0.4 is 10.2 Å². The molecule has 40 heavy (non-hydrogen) atoms. The lowest BCUT2D eigenvalue weighted by Crippen LogP contribution is -2.27. The number of aryl methyl sites for hydroxylation is 1. The predicted octanol–water partition coefficient (Wildman–Crippen LogP) is 6.74. The Hall–Kier alpha value is -4.59. The van der Waals surface area contributed by atoms with Crippen LogP contribution in [0.5, 0.6) is 0 Å². The lowest BCUT2D eigenvalue weighted by molar-refractivity contribution is 0.102. The second kappa shape index (κ2) is 10.9. The minimum atomic E-state index is -0.241. The van der Waals surface area contributed by atoms with Gasteiger partial charge in [-0.25, -0.2) is 9.98 Å². The Balaban J connectivity index is 1.44. The number of rotatable bonds is 7. The summed E-state index contributed by atoms with van der Waals surface area (Å²) in [4.78, 5) is 26.3. The van der Waals surface area contributed by atoms with Gasteiger partial charge in [-0.3, -0.25) is 4.79 Å². The molecule has 1 aromatic heterocycles. The van der Waals surface area contributed by atoms with Gasteiger partial charge in [0.15, 0.2) is 5.82 Å². The molecule has 0 aliphatic carbocycles. The number of amides is 1. The van der Waals surface area contributed by atoms with E-state index in [-0.39, 0.29) is 11.3 Å². The molecular weight excluding hydrogens is 498 g/mol. The average Bonchev–Trinajstić information content (AvgIpc) is 3.51. The van der Waals surface area contributed by atoms with E-state index in [1.165, 1.54) is 5.69 Å². The van der Waals surface area contributed by atoms with E-state index in [0.717, 1.165) is 41.3 Å². The van der Waals surface area contributed by atoms with E-state index in [1.54, 1.807) is 16.9 Å². The largest absolute Gasteiger partial charge is 0.372 e. The van der Waals surface area contributed by atoms with Crippen molar-refractivity contribution in [3.63, 3.8) is 0 Å². The van der Waals surface area contributed by atoms with Gasteiger partial charge in [0.2, 0.25) is 5.82 Å². The van der Waals surface area contributed by atoms with Crippen molar-refractivity contribution in [2.75, 3.05) is 23.3 Å². The minimum Gasteiger partial charge on any atom is -0.372 e. The first-order valence-corrected chi connectivity index (χ1v) is 13.7. The van der Waals surface area contributed by atoms with Crippen LogP contribution in [0.1, 0.15) is 56.4 Å². The molecule has 0 radical (unpaired) electrons. The summed E-state index contributed by atoms with van der Waals surface area (Å²) in [5.41, 5.74) is 6.64. The number of carbonyl (C=O) groups is 1. The van der Waals surface area contributed by atoms with Gasteiger partial charge in [0.25, 0.3) is 5.91 Å². The molecule has 1 aliphatic rings. The molecule has 4 aromatic rings. The van der Waals surface area contributed by atoms with Crippen LogP contribution in [0.3, 0.4) is 0 Å². The summed E-state index contributed by atoms with van der Waals surface area (Å²) >= 11 is 0. The molecule has 1 amide bonds. The normalized spacial score (nSPS) is 13.8. The van der Waals surface area contributed by atoms with Crippen molar-refractivity contribution in [1.29, 1.82) is 0 Å². The fraction of sp³-hybridized carbons (Fsp3) is 0.281. The molecule has 2 heterocycles. The van der Waals surface area contributed by atoms with Gasteiger partial charge in [-0.15, -0.1) is 9.89 Å². The summed E-state index contributed by atoms with van der Waals surface area (Å²) in [5.74, 6) is 1.01. The smallest absolute Gasteiger partial charge is 0.255 e. The highest BCUT2D eigenvalue weighted by Gasteiger charge is 2.35. The number of nitrogens with zero attached hydrogens (tertiary/aromatic N) is 6. The Morgan fingerprint density at radius 2 is 1.68 bits per heavy atom. The Kier molecular flexibility index (Phi) is 7.34. The first-order chi connectivity index (χ1) is 19.2. The summed E-state index contributed by atoms with van der Waals surface area (Å²) in [5, 5.41) is 12.4. The van der Waals surface area contributed by atoms with E-state index >= 15 is 0 Å². The summed E-state index contributed by atoms with van der Waals surface area (Å²) < 4.78 is 0. The first-order valence-electron chi connectivity index (χ1n) is 13.7. The van der Waals surface area contributed by atoms with Gasteiger partial charge >= 0.3 is 0 Å². The molecular formula is C32H35N7O. The third-order valence-corrected chi connectivity index (χ3v) is 6.91. The molecule has 8 nitrogen and oxygen atoms in total. The Morgan fingerprint density at radius 1 is 0.975 bits per heavy atom. The maximum atomic E-state index is 12.5. The fourth-order valence-electron chi connectivity index (χ4n) is 4.67. The van der Waals surface area contributed by atoms with E-state index in [2.05, 4.69) is 75.1 Å². The number of fused-ring (bicyclic) bond motifs is 1. The number of nitrogens with one attached hydrogen (secondary N) is 1. The fourth-order valence-corrected chi connectivity index (χ4v) is 4.67. The first kappa shape index (κ1) is 27.0. The molecule has 204 valence electrons. The quantitative estimate of drug-likeness (QED) is 0.285. The van der Waals surface area contributed by atoms with Crippen LogP contribution in [0.15, 0.2) is 82.9 Å². The zero-order valence-electron chi connectivity index (χ0n) is 23.9. The van der Waals surface area contributed by atoms with Gasteiger partial charge in [0, 0.05) is 41.0 Å². The van der Waals surface area contributed by atoms with Crippen molar-refractivity contribution in [1.82, 2.24) is 14.9 Å². The molecule has 0 unspecified atom stereocenters. The molecule has 1 N–H and O–H groups in total. The number of hydrogen-bond donors (Lipinski definition) is 1. The maximum Gasteiger partial charge on any atom is 0.255 e. The van der Waals surface area contributed by atoms with Gasteiger partial charge < -0.3 is 10.2 Å². The van der Waals surface area contributed by atoms with Crippen LogP contribution in [-0.2, 0) is 0 Å². The molecule has 8 heteroatoms. The molecule has 0 saturated carbocycles. The average molecular weight is 534 g/mol. The second-order valence-corrected chi connectivity index (χ2v) is 10.8. The Labute approximate surface area is 235 Å². The molecule has 0 atom stereocenters. The number of aliphatic imine (C=N–C) groups is 1. The maximum absolute atomic E-state index is 12.5. The van der Waals surface area contributed by atoms with Crippen molar-refractivity contribution >= 4 is 34.4 Å². The number of carbonyl (C=O) groups excluding carboxylic acids is 1. The highest BCUT2D eigenvalue weighted by Crippen LogP contribution is 2.31. The standard InChI is InChI=1S/C32H35N7O/c1-7-38(8-2)25-18-19-26(21(3)20-25)34-27-28(32(4,5)6)36-39-30(27)35-29(37-39)22-14-16-24(17-15-22)33-31(40)23-12-10-9-11-13-23/h9-20H,7-8H2,1-6H3,(H,33,40)/b34-27-. The number of aromatic nitrogens is 3. The van der Waals surface area contributed by atoms with E-state index in [0.29, 0.717) is 22.9 Å². The summed E-state index contributed by atoms with van der Waals surface area (Å²) in [6.45, 7) is 14.7. The highest BCUT2D eigenvalue weighted by atomic mass is 16.1. The minimum absolute atomic E-state index is 0.155. The van der Waals surface area contributed by atoms with Crippen LogP contribution in [0, 0.1) is 12.3 Å². The van der Waals surface area contributed by atoms with Gasteiger partial charge in [-0.05, 0) is 80.9 Å². The number of anilines is 2. The zero-order valence-corrected chi connectivity index (χ0v) is 23.9. The predicted molar refractivity (Wildman–Crippen MR) is 163 cm³/mol. The summed E-state index contributed by atoms with van der Waals surface area (Å²) in [7, 11) is 0. The van der Waals surface area contributed by atoms with E-state index in [1.807, 2.05) is 42.5 Å². The van der Waals surface area contributed by atoms with Gasteiger partial charge in [-0.1, -0.05) is 39.0 Å². The molecule has 0 spiro atoms. The number of hydrogen-bond acceptors (Lipinski definition) is 6. The lowest BCUT2D eigenvalue weighted by atomic mass is 9.87. The lowest BCUT2D eigenvalue weighted by Gasteiger charge is -2.22. The summed E-state index contributed by atoms with van der Waals surface area (Å²) in [6.07, 6.45) is 0. The van der Waals surface area contributed by atoms with Crippen molar-refractivity contribution < 1.29 is 4.79 Å². The topological polar surface area (TPSA) is 87.8 Å². The Morgan fingerprint density at radius 3 is 2.30 bits per heavy atom. The molecule has 5 rings (SSSR count). The molecule has 0 fully saturated rings. The molecule has 1 aliphatic heterocycles. The molecule has 0 saturated heterocycles. The Bertz CT molecular complexity index is 1590. The second-order valence-electron chi connectivity index (χ2n) is 10.8. The van der Waals surface area contributed by atoms with Crippen LogP contribution >= 0.6 is 0 Å². The van der Waals surface area contributed by atoms with E-state index < -0.39 is 0 Å². The van der Waals surface area contributed by atoms with Crippen molar-refractivity contribution in [3.05, 3.63) is 89.7 Å². The monoisotopic (exact) mass is 533 g/mol. The van der Waals surface area contributed by atoms with Crippen LogP contribution in [0.4, 0.5) is 17.1 Å². The van der Waals surface area contributed by atoms with E-state index in [4.69, 9.17) is 15.1 Å². The van der Waals surface area contributed by atoms with Gasteiger partial charge in [0.05, 0.1) is 11.4 Å². The zero-order chi connectivity index (χ0) is 28.4. The van der Waals surface area contributed by atoms with Crippen molar-refractivity contribution in [2.24, 2.45) is 15.5 Å². The number of benzene rings is 3. The highest BCUT2D eigenvalue weighted by molar-refractivity contribution is 6.50. The van der Waals surface area contributed by atoms with Crippen LogP contribution in [-0.4, -0.2) is 45.3 Å². The van der Waals surface area contributed by atoms with E-state index in [9.17, 15) is 4.79 Å². The SMILES string of the molecule is CCN(CC)c1ccc(/N=C2/C(C(C)(C)C)=Nn3nc(-c4ccc(NC(=O)c5ccccc5)cc4)nc32)c(C)c1. The summed E-state index contributed by atoms with van der Waals surface area (Å²) in [6, 6.07) is 23.0. The van der Waals surface area contributed by atoms with Crippen LogP contribution in [0.25, 0.3) is 11.4 Å². The van der Waals surface area contributed by atoms with Crippen molar-refractivity contribution in [2.45, 2.75) is 41.5 Å². The van der Waals surface area contributed by atoms with Gasteiger partial charge in [0.1, 0.15) is 5.71 Å². The molecule has 3 aromatic carbocycles. The molecule has 0 bridgehead atoms. The van der Waals surface area contributed by atoms with Crippen molar-refractivity contribution in [3.8, 4) is 11.4 Å². The third-order valence-electron chi connectivity index (χ3n) is 6.91. The van der Waals surface area contributed by atoms with Crippen LogP contribution in [0.2, 0.25) is 0 Å².